The van der Waals surface area contributed by atoms with Gasteiger partial charge >= 0.3 is 6.01 Å². The number of hydrogen-bond donors (Lipinski definition) is 2. The second-order valence-electron chi connectivity index (χ2n) is 4.83. The van der Waals surface area contributed by atoms with E-state index < -0.39 is 0 Å². The van der Waals surface area contributed by atoms with Crippen LogP contribution in [-0.4, -0.2) is 26.6 Å². The highest BCUT2D eigenvalue weighted by Gasteiger charge is 2.17. The van der Waals surface area contributed by atoms with Gasteiger partial charge in [-0.3, -0.25) is 0 Å². The van der Waals surface area contributed by atoms with Gasteiger partial charge in [0.15, 0.2) is 0 Å². The summed E-state index contributed by atoms with van der Waals surface area (Å²) in [6.07, 6.45) is 0.947. The number of nitrogen functional groups attached to an aromatic ring is 1. The molecular weight excluding hydrogens is 218 g/mol. The lowest BCUT2D eigenvalue weighted by Crippen LogP contribution is -2.31. The first-order valence-corrected chi connectivity index (χ1v) is 5.79. The molecule has 1 heterocycles. The molecule has 96 valence electrons. The van der Waals surface area contributed by atoms with Gasteiger partial charge in [-0.15, -0.1) is 0 Å². The number of nitrogens with zero attached hydrogens (tertiary/aromatic N) is 3. The van der Waals surface area contributed by atoms with E-state index in [-0.39, 0.29) is 23.6 Å². The van der Waals surface area contributed by atoms with E-state index in [1.165, 1.54) is 0 Å². The van der Waals surface area contributed by atoms with Crippen molar-refractivity contribution in [3.05, 3.63) is 0 Å². The summed E-state index contributed by atoms with van der Waals surface area (Å²) in [6, 6.07) is 0.252. The number of aromatic nitrogens is 3. The Kier molecular flexibility index (Phi) is 4.09. The Morgan fingerprint density at radius 2 is 1.94 bits per heavy atom. The number of anilines is 2. The molecule has 17 heavy (non-hydrogen) atoms. The molecule has 0 aliphatic heterocycles. The predicted molar refractivity (Wildman–Crippen MR) is 68.0 cm³/mol. The molecule has 0 saturated carbocycles. The van der Waals surface area contributed by atoms with Crippen molar-refractivity contribution in [2.24, 2.45) is 0 Å². The molecule has 6 nitrogen and oxygen atoms in total. The van der Waals surface area contributed by atoms with Gasteiger partial charge < -0.3 is 15.8 Å². The molecule has 0 atom stereocenters. The second-order valence-corrected chi connectivity index (χ2v) is 4.83. The Balaban J connectivity index is 2.89. The average molecular weight is 239 g/mol. The minimum absolute atomic E-state index is 0.00355. The van der Waals surface area contributed by atoms with Crippen molar-refractivity contribution < 1.29 is 4.74 Å². The predicted octanol–water partition coefficient (Wildman–Crippen LogP) is 1.84. The SMILES string of the molecule is CCC(C)(C)Nc1nc(N)nc(OC(C)C)n1. The summed E-state index contributed by atoms with van der Waals surface area (Å²) in [6.45, 7) is 10.0. The highest BCUT2D eigenvalue weighted by atomic mass is 16.5. The van der Waals surface area contributed by atoms with Gasteiger partial charge in [0.2, 0.25) is 11.9 Å². The fraction of sp³-hybridized carbons (Fsp3) is 0.727. The van der Waals surface area contributed by atoms with Crippen LogP contribution in [0.4, 0.5) is 11.9 Å². The Hall–Kier alpha value is -1.59. The third kappa shape index (κ3) is 4.42. The molecule has 3 N–H and O–H groups in total. The van der Waals surface area contributed by atoms with E-state index in [1.54, 1.807) is 0 Å². The van der Waals surface area contributed by atoms with Crippen LogP contribution >= 0.6 is 0 Å². The standard InChI is InChI=1S/C11H21N5O/c1-6-11(4,5)16-9-13-8(12)14-10(15-9)17-7(2)3/h7H,6H2,1-5H3,(H3,12,13,14,15,16). The maximum Gasteiger partial charge on any atom is 0.323 e. The molecule has 0 amide bonds. The Morgan fingerprint density at radius 1 is 1.29 bits per heavy atom. The first-order valence-electron chi connectivity index (χ1n) is 5.79. The van der Waals surface area contributed by atoms with Crippen molar-refractivity contribution in [2.75, 3.05) is 11.1 Å². The van der Waals surface area contributed by atoms with Crippen LogP contribution in [-0.2, 0) is 0 Å². The van der Waals surface area contributed by atoms with E-state index in [4.69, 9.17) is 10.5 Å². The molecule has 0 aromatic carbocycles. The van der Waals surface area contributed by atoms with E-state index in [0.29, 0.717) is 5.95 Å². The van der Waals surface area contributed by atoms with Gasteiger partial charge in [-0.1, -0.05) is 6.92 Å². The lowest BCUT2D eigenvalue weighted by Gasteiger charge is -2.24. The minimum atomic E-state index is -0.0944. The molecule has 0 fully saturated rings. The quantitative estimate of drug-likeness (QED) is 0.815. The molecular formula is C11H21N5O. The maximum atomic E-state index is 5.61. The molecule has 0 aliphatic rings. The zero-order valence-corrected chi connectivity index (χ0v) is 11.1. The molecule has 0 saturated heterocycles. The van der Waals surface area contributed by atoms with Gasteiger partial charge in [0.1, 0.15) is 0 Å². The van der Waals surface area contributed by atoms with Crippen molar-refractivity contribution in [1.82, 2.24) is 15.0 Å². The molecule has 1 rings (SSSR count). The minimum Gasteiger partial charge on any atom is -0.461 e. The average Bonchev–Trinajstić information content (AvgIpc) is 2.14. The van der Waals surface area contributed by atoms with Crippen LogP contribution in [0.5, 0.6) is 6.01 Å². The number of nitrogens with one attached hydrogen (secondary N) is 1. The van der Waals surface area contributed by atoms with Gasteiger partial charge in [0.05, 0.1) is 6.10 Å². The Bertz CT molecular complexity index is 378. The van der Waals surface area contributed by atoms with E-state index in [2.05, 4.69) is 41.0 Å². The molecule has 0 aliphatic carbocycles. The number of nitrogens with two attached hydrogens (primary N) is 1. The molecule has 0 radical (unpaired) electrons. The van der Waals surface area contributed by atoms with Crippen LogP contribution in [0.3, 0.4) is 0 Å². The Morgan fingerprint density at radius 3 is 2.47 bits per heavy atom. The van der Waals surface area contributed by atoms with E-state index in [9.17, 15) is 0 Å². The second kappa shape index (κ2) is 5.16. The van der Waals surface area contributed by atoms with E-state index in [1.807, 2.05) is 13.8 Å². The van der Waals surface area contributed by atoms with Crippen molar-refractivity contribution >= 4 is 11.9 Å². The van der Waals surface area contributed by atoms with Gasteiger partial charge in [-0.05, 0) is 34.1 Å². The summed E-state index contributed by atoms with van der Waals surface area (Å²) in [7, 11) is 0. The third-order valence-corrected chi connectivity index (χ3v) is 2.31. The van der Waals surface area contributed by atoms with Gasteiger partial charge in [0, 0.05) is 5.54 Å². The largest absolute Gasteiger partial charge is 0.461 e. The number of hydrogen-bond acceptors (Lipinski definition) is 6. The summed E-state index contributed by atoms with van der Waals surface area (Å²) in [5.41, 5.74) is 5.52. The van der Waals surface area contributed by atoms with Crippen LogP contribution in [0, 0.1) is 0 Å². The van der Waals surface area contributed by atoms with Crippen LogP contribution in [0.1, 0.15) is 41.0 Å². The highest BCUT2D eigenvalue weighted by Crippen LogP contribution is 2.17. The summed E-state index contributed by atoms with van der Waals surface area (Å²) < 4.78 is 5.40. The fourth-order valence-corrected chi connectivity index (χ4v) is 1.08. The summed E-state index contributed by atoms with van der Waals surface area (Å²) >= 11 is 0. The molecule has 6 heteroatoms. The normalized spacial score (nSPS) is 11.6. The lowest BCUT2D eigenvalue weighted by molar-refractivity contribution is 0.222. The summed E-state index contributed by atoms with van der Waals surface area (Å²) in [4.78, 5) is 12.1. The first kappa shape index (κ1) is 13.5. The smallest absolute Gasteiger partial charge is 0.323 e. The summed E-state index contributed by atoms with van der Waals surface area (Å²) in [5, 5.41) is 3.20. The number of ether oxygens (including phenoxy) is 1. The molecule has 0 spiro atoms. The molecule has 1 aromatic rings. The highest BCUT2D eigenvalue weighted by molar-refractivity contribution is 5.34. The van der Waals surface area contributed by atoms with Crippen LogP contribution < -0.4 is 15.8 Å². The van der Waals surface area contributed by atoms with Crippen molar-refractivity contribution in [3.63, 3.8) is 0 Å². The molecule has 1 aromatic heterocycles. The van der Waals surface area contributed by atoms with Crippen molar-refractivity contribution in [1.29, 1.82) is 0 Å². The topological polar surface area (TPSA) is 86.0 Å². The van der Waals surface area contributed by atoms with Gasteiger partial charge in [0.25, 0.3) is 0 Å². The Labute approximate surface area is 102 Å². The van der Waals surface area contributed by atoms with E-state index >= 15 is 0 Å². The zero-order valence-electron chi connectivity index (χ0n) is 11.1. The zero-order chi connectivity index (χ0) is 13.1. The first-order chi connectivity index (χ1) is 7.82. The molecule has 0 unspecified atom stereocenters. The van der Waals surface area contributed by atoms with Crippen molar-refractivity contribution in [2.45, 2.75) is 52.7 Å². The monoisotopic (exact) mass is 239 g/mol. The van der Waals surface area contributed by atoms with Crippen LogP contribution in [0.15, 0.2) is 0 Å². The van der Waals surface area contributed by atoms with Crippen LogP contribution in [0.2, 0.25) is 0 Å². The third-order valence-electron chi connectivity index (χ3n) is 2.31. The van der Waals surface area contributed by atoms with E-state index in [0.717, 1.165) is 6.42 Å². The van der Waals surface area contributed by atoms with Gasteiger partial charge in [-0.2, -0.15) is 15.0 Å². The van der Waals surface area contributed by atoms with Crippen molar-refractivity contribution in [3.8, 4) is 6.01 Å². The maximum absolute atomic E-state index is 5.61. The lowest BCUT2D eigenvalue weighted by atomic mass is 10.0. The number of rotatable bonds is 5. The fourth-order valence-electron chi connectivity index (χ4n) is 1.08. The van der Waals surface area contributed by atoms with Gasteiger partial charge in [-0.25, -0.2) is 0 Å². The summed E-state index contributed by atoms with van der Waals surface area (Å²) in [5.74, 6) is 0.602. The van der Waals surface area contributed by atoms with Crippen LogP contribution in [0.25, 0.3) is 0 Å². The molecule has 0 bridgehead atoms.